The Bertz CT molecular complexity index is 1300. The van der Waals surface area contributed by atoms with Gasteiger partial charge in [0.2, 0.25) is 15.9 Å². The number of hydrogen-bond donors (Lipinski definition) is 1. The largest absolute Gasteiger partial charge is 0.355 e. The molecule has 0 saturated carbocycles. The average molecular weight is 480 g/mol. The molecule has 0 aliphatic carbocycles. The number of hydrogen-bond acceptors (Lipinski definition) is 5. The second-order valence-corrected chi connectivity index (χ2v) is 10.6. The minimum Gasteiger partial charge on any atom is -0.355 e. The Kier molecular flexibility index (Phi) is 7.00. The number of piperidine rings is 1. The summed E-state index contributed by atoms with van der Waals surface area (Å²) in [5.41, 5.74) is 4.18. The molecule has 178 valence electrons. The lowest BCUT2D eigenvalue weighted by Gasteiger charge is -2.30. The van der Waals surface area contributed by atoms with Gasteiger partial charge in [-0.2, -0.15) is 4.31 Å². The molecule has 4 rings (SSSR count). The molecule has 1 N–H and O–H groups in total. The van der Waals surface area contributed by atoms with Crippen molar-refractivity contribution < 1.29 is 17.7 Å². The van der Waals surface area contributed by atoms with Crippen LogP contribution in [0.1, 0.15) is 41.0 Å². The van der Waals surface area contributed by atoms with Crippen molar-refractivity contribution in [2.45, 2.75) is 38.5 Å². The molecule has 34 heavy (non-hydrogen) atoms. The van der Waals surface area contributed by atoms with Crippen LogP contribution in [-0.2, 0) is 14.8 Å². The first-order valence-electron chi connectivity index (χ1n) is 11.3. The molecule has 1 aliphatic heterocycles. The summed E-state index contributed by atoms with van der Waals surface area (Å²) in [4.78, 5) is 12.8. The quantitative estimate of drug-likeness (QED) is 0.548. The molecule has 7 nitrogen and oxygen atoms in total. The zero-order valence-corrected chi connectivity index (χ0v) is 20.4. The Morgan fingerprint density at radius 3 is 2.38 bits per heavy atom. The van der Waals surface area contributed by atoms with Gasteiger partial charge in [0.05, 0.1) is 0 Å². The summed E-state index contributed by atoms with van der Waals surface area (Å²) < 4.78 is 33.7. The predicted molar refractivity (Wildman–Crippen MR) is 133 cm³/mol. The van der Waals surface area contributed by atoms with Crippen LogP contribution < -0.4 is 5.32 Å². The Balaban J connectivity index is 1.45. The van der Waals surface area contributed by atoms with E-state index in [1.807, 2.05) is 62.4 Å². The third-order valence-corrected chi connectivity index (χ3v) is 8.22. The fourth-order valence-electron chi connectivity index (χ4n) is 4.08. The molecule has 2 heterocycles. The number of amides is 1. The van der Waals surface area contributed by atoms with Crippen LogP contribution in [0.4, 0.5) is 5.69 Å². The maximum atomic E-state index is 13.4. The summed E-state index contributed by atoms with van der Waals surface area (Å²) in [6.45, 7) is 6.10. The summed E-state index contributed by atoms with van der Waals surface area (Å²) in [5.74, 6) is -0.109. The maximum absolute atomic E-state index is 13.4. The molecule has 8 heteroatoms. The second kappa shape index (κ2) is 9.95. The molecule has 3 aromatic rings. The lowest BCUT2D eigenvalue weighted by atomic mass is 9.97. The minimum atomic E-state index is -3.81. The monoisotopic (exact) mass is 479 g/mol. The van der Waals surface area contributed by atoms with E-state index in [0.717, 1.165) is 22.4 Å². The van der Waals surface area contributed by atoms with E-state index < -0.39 is 10.0 Å². The predicted octanol–water partition coefficient (Wildman–Crippen LogP) is 4.81. The van der Waals surface area contributed by atoms with Crippen molar-refractivity contribution in [2.24, 2.45) is 5.92 Å². The number of nitrogens with zero attached hydrogens (tertiary/aromatic N) is 2. The molecule has 1 fully saturated rings. The minimum absolute atomic E-state index is 0.0748. The SMILES string of the molecule is Cc1ccc(/C=C/c2onc(C)c2S(=O)(=O)N2CCC(C(=O)Nc3ccccc3C)CC2)cc1. The molecule has 1 aromatic heterocycles. The molecule has 2 aromatic carbocycles. The topological polar surface area (TPSA) is 92.5 Å². The van der Waals surface area contributed by atoms with Crippen LogP contribution in [0.3, 0.4) is 0 Å². The second-order valence-electron chi connectivity index (χ2n) is 8.69. The number of para-hydroxylation sites is 1. The van der Waals surface area contributed by atoms with Gasteiger partial charge in [0, 0.05) is 24.7 Å². The van der Waals surface area contributed by atoms with Crippen LogP contribution in [0.5, 0.6) is 0 Å². The van der Waals surface area contributed by atoms with Gasteiger partial charge in [0.25, 0.3) is 0 Å². The molecule has 1 saturated heterocycles. The summed E-state index contributed by atoms with van der Waals surface area (Å²) in [6.07, 6.45) is 4.35. The normalized spacial score (nSPS) is 15.6. The van der Waals surface area contributed by atoms with Crippen LogP contribution in [0, 0.1) is 26.7 Å². The van der Waals surface area contributed by atoms with Gasteiger partial charge in [-0.1, -0.05) is 59.3 Å². The van der Waals surface area contributed by atoms with Gasteiger partial charge < -0.3 is 9.84 Å². The number of rotatable bonds is 6. The van der Waals surface area contributed by atoms with Crippen molar-refractivity contribution in [3.05, 3.63) is 76.7 Å². The van der Waals surface area contributed by atoms with Gasteiger partial charge in [0.15, 0.2) is 10.7 Å². The van der Waals surface area contributed by atoms with Crippen molar-refractivity contribution in [1.29, 1.82) is 0 Å². The maximum Gasteiger partial charge on any atom is 0.248 e. The highest BCUT2D eigenvalue weighted by molar-refractivity contribution is 7.89. The summed E-state index contributed by atoms with van der Waals surface area (Å²) in [6, 6.07) is 15.5. The Morgan fingerprint density at radius 2 is 1.71 bits per heavy atom. The standard InChI is InChI=1S/C26H29N3O4S/c1-18-8-10-21(11-9-18)12-13-24-25(20(3)28-33-24)34(31,32)29-16-14-22(15-17-29)26(30)27-23-7-5-4-6-19(23)2/h4-13,22H,14-17H2,1-3H3,(H,27,30)/b13-12+. The lowest BCUT2D eigenvalue weighted by molar-refractivity contribution is -0.120. The Morgan fingerprint density at radius 1 is 1.03 bits per heavy atom. The smallest absolute Gasteiger partial charge is 0.248 e. The fraction of sp³-hybridized carbons (Fsp3) is 0.308. The van der Waals surface area contributed by atoms with Crippen molar-refractivity contribution in [3.63, 3.8) is 0 Å². The number of benzene rings is 2. The van der Waals surface area contributed by atoms with E-state index >= 15 is 0 Å². The van der Waals surface area contributed by atoms with Gasteiger partial charge in [-0.3, -0.25) is 4.79 Å². The highest BCUT2D eigenvalue weighted by Gasteiger charge is 2.36. The Labute approximate surface area is 200 Å². The fourth-order valence-corrected chi connectivity index (χ4v) is 5.80. The summed E-state index contributed by atoms with van der Waals surface area (Å²) in [5, 5.41) is 6.88. The lowest BCUT2D eigenvalue weighted by Crippen LogP contribution is -2.41. The molecule has 0 spiro atoms. The molecule has 0 bridgehead atoms. The number of anilines is 1. The van der Waals surface area contributed by atoms with Crippen LogP contribution in [0.25, 0.3) is 12.2 Å². The zero-order chi connectivity index (χ0) is 24.3. The summed E-state index contributed by atoms with van der Waals surface area (Å²) >= 11 is 0. The van der Waals surface area contributed by atoms with Crippen molar-refractivity contribution in [1.82, 2.24) is 9.46 Å². The number of carbonyl (C=O) groups is 1. The van der Waals surface area contributed by atoms with E-state index in [9.17, 15) is 13.2 Å². The van der Waals surface area contributed by atoms with Gasteiger partial charge >= 0.3 is 0 Å². The van der Waals surface area contributed by atoms with Crippen molar-refractivity contribution in [3.8, 4) is 0 Å². The van der Waals surface area contributed by atoms with Crippen LogP contribution in [-0.4, -0.2) is 36.9 Å². The highest BCUT2D eigenvalue weighted by atomic mass is 32.2. The number of aromatic nitrogens is 1. The molecule has 1 aliphatic rings. The van der Waals surface area contributed by atoms with Gasteiger partial charge in [-0.15, -0.1) is 0 Å². The number of carbonyl (C=O) groups excluding carboxylic acids is 1. The van der Waals surface area contributed by atoms with Gasteiger partial charge in [-0.25, -0.2) is 8.42 Å². The van der Waals surface area contributed by atoms with E-state index in [4.69, 9.17) is 4.52 Å². The molecule has 0 unspecified atom stereocenters. The van der Waals surface area contributed by atoms with E-state index in [2.05, 4.69) is 10.5 Å². The third kappa shape index (κ3) is 5.13. The van der Waals surface area contributed by atoms with Crippen LogP contribution in [0.2, 0.25) is 0 Å². The van der Waals surface area contributed by atoms with Crippen molar-refractivity contribution in [2.75, 3.05) is 18.4 Å². The van der Waals surface area contributed by atoms with Crippen LogP contribution in [0.15, 0.2) is 57.9 Å². The van der Waals surface area contributed by atoms with E-state index in [1.165, 1.54) is 4.31 Å². The summed E-state index contributed by atoms with van der Waals surface area (Å²) in [7, 11) is -3.81. The first-order valence-corrected chi connectivity index (χ1v) is 12.8. The Hall–Kier alpha value is -3.23. The third-order valence-electron chi connectivity index (χ3n) is 6.16. The van der Waals surface area contributed by atoms with E-state index in [1.54, 1.807) is 19.1 Å². The number of aryl methyl sites for hydroxylation is 3. The van der Waals surface area contributed by atoms with E-state index in [-0.39, 0.29) is 35.6 Å². The van der Waals surface area contributed by atoms with Crippen LogP contribution >= 0.6 is 0 Å². The number of sulfonamides is 1. The molecule has 0 atom stereocenters. The number of nitrogens with one attached hydrogen (secondary N) is 1. The molecule has 1 amide bonds. The molecular formula is C26H29N3O4S. The average Bonchev–Trinajstić information content (AvgIpc) is 3.21. The molecule has 0 radical (unpaired) electrons. The van der Waals surface area contributed by atoms with Gasteiger partial charge in [-0.05, 0) is 56.9 Å². The first-order chi connectivity index (χ1) is 16.3. The van der Waals surface area contributed by atoms with E-state index in [0.29, 0.717) is 18.5 Å². The van der Waals surface area contributed by atoms with Crippen molar-refractivity contribution >= 4 is 33.8 Å². The van der Waals surface area contributed by atoms with Gasteiger partial charge in [0.1, 0.15) is 5.69 Å². The molecular weight excluding hydrogens is 450 g/mol. The zero-order valence-electron chi connectivity index (χ0n) is 19.6. The highest BCUT2D eigenvalue weighted by Crippen LogP contribution is 2.30. The first kappa shape index (κ1) is 23.9.